The molecule has 5 atom stereocenters. The summed E-state index contributed by atoms with van der Waals surface area (Å²) >= 11 is 0. The number of nitrogens with one attached hydrogen (secondary N) is 1. The number of benzene rings is 3. The summed E-state index contributed by atoms with van der Waals surface area (Å²) in [5, 5.41) is 16.5. The van der Waals surface area contributed by atoms with Crippen LogP contribution < -0.4 is 5.32 Å². The standard InChI is InChI=1S/C31H36N2O4/c1-20(27-12-6-8-22-7-3-4-11-28(22)27)32-25-10-5-9-24(17-25)21-13-15-23(16-14-21)30(35)33-19-26(34)18-29(33)31(36)37-2/h3-4,6-8,11-16,20,24-26,29,32,34H,5,9-10,17-19H2,1-2H3/t20-,24+,25+,26-,29+/m1/s1. The van der Waals surface area contributed by atoms with Crippen LogP contribution in [0.5, 0.6) is 0 Å². The number of hydrogen-bond acceptors (Lipinski definition) is 5. The Labute approximate surface area is 218 Å². The molecule has 1 aliphatic heterocycles. The molecule has 0 unspecified atom stereocenters. The van der Waals surface area contributed by atoms with Gasteiger partial charge in [0, 0.05) is 30.6 Å². The Hall–Kier alpha value is -3.22. The van der Waals surface area contributed by atoms with Crippen molar-refractivity contribution in [3.8, 4) is 0 Å². The maximum absolute atomic E-state index is 13.1. The maximum Gasteiger partial charge on any atom is 0.328 e. The minimum absolute atomic E-state index is 0.144. The van der Waals surface area contributed by atoms with Crippen LogP contribution in [0.15, 0.2) is 66.7 Å². The zero-order chi connectivity index (χ0) is 25.9. The van der Waals surface area contributed by atoms with E-state index in [1.807, 2.05) is 24.3 Å². The van der Waals surface area contributed by atoms with Crippen molar-refractivity contribution in [2.75, 3.05) is 13.7 Å². The summed E-state index contributed by atoms with van der Waals surface area (Å²) in [6, 6.07) is 22.8. The zero-order valence-electron chi connectivity index (χ0n) is 21.6. The van der Waals surface area contributed by atoms with Crippen molar-refractivity contribution in [1.29, 1.82) is 0 Å². The second-order valence-electron chi connectivity index (χ2n) is 10.5. The van der Waals surface area contributed by atoms with Crippen LogP contribution >= 0.6 is 0 Å². The monoisotopic (exact) mass is 500 g/mol. The van der Waals surface area contributed by atoms with Crippen molar-refractivity contribution in [1.82, 2.24) is 10.2 Å². The lowest BCUT2D eigenvalue weighted by Crippen LogP contribution is -2.41. The summed E-state index contributed by atoms with van der Waals surface area (Å²) < 4.78 is 4.83. The van der Waals surface area contributed by atoms with E-state index in [0.717, 1.165) is 25.7 Å². The first kappa shape index (κ1) is 25.4. The van der Waals surface area contributed by atoms with E-state index in [9.17, 15) is 14.7 Å². The average Bonchev–Trinajstić information content (AvgIpc) is 3.33. The molecule has 1 amide bonds. The molecule has 3 aromatic rings. The molecule has 1 saturated heterocycles. The van der Waals surface area contributed by atoms with Crippen molar-refractivity contribution < 1.29 is 19.4 Å². The van der Waals surface area contributed by atoms with Crippen LogP contribution in [0, 0.1) is 0 Å². The zero-order valence-corrected chi connectivity index (χ0v) is 21.6. The lowest BCUT2D eigenvalue weighted by Gasteiger charge is -2.33. The minimum atomic E-state index is -0.735. The van der Waals surface area contributed by atoms with Crippen molar-refractivity contribution in [3.05, 3.63) is 83.4 Å². The number of carbonyl (C=O) groups excluding carboxylic acids is 2. The largest absolute Gasteiger partial charge is 0.467 e. The Balaban J connectivity index is 1.24. The van der Waals surface area contributed by atoms with E-state index in [0.29, 0.717) is 17.5 Å². The predicted octanol–water partition coefficient (Wildman–Crippen LogP) is 4.97. The number of aliphatic hydroxyl groups is 1. The molecule has 0 spiro atoms. The highest BCUT2D eigenvalue weighted by Gasteiger charge is 2.40. The van der Waals surface area contributed by atoms with Gasteiger partial charge in [-0.2, -0.15) is 0 Å². The predicted molar refractivity (Wildman–Crippen MR) is 144 cm³/mol. The number of amides is 1. The van der Waals surface area contributed by atoms with E-state index in [-0.39, 0.29) is 24.9 Å². The molecular formula is C31H36N2O4. The topological polar surface area (TPSA) is 78.9 Å². The van der Waals surface area contributed by atoms with Gasteiger partial charge in [-0.1, -0.05) is 61.0 Å². The SMILES string of the molecule is COC(=O)[C@@H]1C[C@@H](O)CN1C(=O)c1ccc([C@H]2CCC[C@H](N[C@H](C)c3cccc4ccccc34)C2)cc1. The van der Waals surface area contributed by atoms with Crippen LogP contribution in [0.1, 0.15) is 72.5 Å². The Kier molecular flexibility index (Phi) is 7.58. The molecule has 37 heavy (non-hydrogen) atoms. The highest BCUT2D eigenvalue weighted by Crippen LogP contribution is 2.35. The summed E-state index contributed by atoms with van der Waals surface area (Å²) in [5.74, 6) is -0.294. The lowest BCUT2D eigenvalue weighted by atomic mass is 9.80. The number of likely N-dealkylation sites (tertiary alicyclic amines) is 1. The fourth-order valence-electron chi connectivity index (χ4n) is 6.18. The third kappa shape index (κ3) is 5.41. The number of rotatable bonds is 6. The summed E-state index contributed by atoms with van der Waals surface area (Å²) in [6.45, 7) is 2.40. The number of esters is 1. The van der Waals surface area contributed by atoms with Crippen LogP contribution in [0.25, 0.3) is 10.8 Å². The first-order valence-electron chi connectivity index (χ1n) is 13.3. The fraction of sp³-hybridized carbons (Fsp3) is 0.419. The van der Waals surface area contributed by atoms with Gasteiger partial charge in [0.2, 0.25) is 0 Å². The number of ether oxygens (including phenoxy) is 1. The normalized spacial score (nSPS) is 24.7. The van der Waals surface area contributed by atoms with E-state index >= 15 is 0 Å². The summed E-state index contributed by atoms with van der Waals surface area (Å²) in [6.07, 6.45) is 4.02. The number of carbonyl (C=O) groups is 2. The smallest absolute Gasteiger partial charge is 0.328 e. The van der Waals surface area contributed by atoms with Gasteiger partial charge in [0.1, 0.15) is 6.04 Å². The maximum atomic E-state index is 13.1. The second-order valence-corrected chi connectivity index (χ2v) is 10.5. The number of hydrogen-bond donors (Lipinski definition) is 2. The van der Waals surface area contributed by atoms with Gasteiger partial charge in [-0.3, -0.25) is 4.79 Å². The summed E-state index contributed by atoms with van der Waals surface area (Å²) in [4.78, 5) is 26.6. The number of aliphatic hydroxyl groups excluding tert-OH is 1. The van der Waals surface area contributed by atoms with Gasteiger partial charge in [0.25, 0.3) is 5.91 Å². The Morgan fingerprint density at radius 1 is 1.00 bits per heavy atom. The van der Waals surface area contributed by atoms with Gasteiger partial charge in [-0.15, -0.1) is 0 Å². The van der Waals surface area contributed by atoms with Crippen LogP contribution in [-0.4, -0.2) is 53.7 Å². The average molecular weight is 501 g/mol. The van der Waals surface area contributed by atoms with Gasteiger partial charge in [-0.05, 0) is 66.1 Å². The van der Waals surface area contributed by atoms with Crippen molar-refractivity contribution in [2.45, 2.75) is 69.2 Å². The van der Waals surface area contributed by atoms with E-state index in [1.165, 1.54) is 33.9 Å². The molecule has 0 bridgehead atoms. The third-order valence-electron chi connectivity index (χ3n) is 8.09. The van der Waals surface area contributed by atoms with Gasteiger partial charge >= 0.3 is 5.97 Å². The van der Waals surface area contributed by atoms with Crippen LogP contribution in [-0.2, 0) is 9.53 Å². The van der Waals surface area contributed by atoms with Crippen molar-refractivity contribution in [2.24, 2.45) is 0 Å². The van der Waals surface area contributed by atoms with E-state index in [1.54, 1.807) is 0 Å². The highest BCUT2D eigenvalue weighted by molar-refractivity contribution is 5.97. The van der Waals surface area contributed by atoms with Gasteiger partial charge in [-0.25, -0.2) is 4.79 Å². The quantitative estimate of drug-likeness (QED) is 0.468. The molecule has 0 radical (unpaired) electrons. The summed E-state index contributed by atoms with van der Waals surface area (Å²) in [7, 11) is 1.31. The molecule has 0 aromatic heterocycles. The van der Waals surface area contributed by atoms with Gasteiger partial charge in [0.15, 0.2) is 0 Å². The lowest BCUT2D eigenvalue weighted by molar-refractivity contribution is -0.145. The Bertz CT molecular complexity index is 1250. The third-order valence-corrected chi connectivity index (χ3v) is 8.09. The van der Waals surface area contributed by atoms with Gasteiger partial charge in [0.05, 0.1) is 13.2 Å². The van der Waals surface area contributed by atoms with Crippen molar-refractivity contribution in [3.63, 3.8) is 0 Å². The molecule has 2 fully saturated rings. The second kappa shape index (κ2) is 11.0. The molecule has 194 valence electrons. The van der Waals surface area contributed by atoms with Crippen LogP contribution in [0.4, 0.5) is 0 Å². The molecule has 3 aromatic carbocycles. The Morgan fingerprint density at radius 2 is 1.76 bits per heavy atom. The Morgan fingerprint density at radius 3 is 2.54 bits per heavy atom. The highest BCUT2D eigenvalue weighted by atomic mass is 16.5. The minimum Gasteiger partial charge on any atom is -0.467 e. The molecule has 1 aliphatic carbocycles. The fourth-order valence-corrected chi connectivity index (χ4v) is 6.18. The first-order chi connectivity index (χ1) is 17.9. The van der Waals surface area contributed by atoms with Crippen molar-refractivity contribution >= 4 is 22.6 Å². The number of methoxy groups -OCH3 is 1. The molecular weight excluding hydrogens is 464 g/mol. The molecule has 6 nitrogen and oxygen atoms in total. The molecule has 1 saturated carbocycles. The summed E-state index contributed by atoms with van der Waals surface area (Å²) in [5.41, 5.74) is 3.11. The molecule has 2 N–H and O–H groups in total. The molecule has 1 heterocycles. The number of β-amino-alcohol motifs (C(OH)–C–C–N with tert-alkyl or cyclic N) is 1. The van der Waals surface area contributed by atoms with E-state index in [2.05, 4.69) is 54.7 Å². The van der Waals surface area contributed by atoms with Crippen LogP contribution in [0.3, 0.4) is 0 Å². The molecule has 2 aliphatic rings. The van der Waals surface area contributed by atoms with E-state index < -0.39 is 18.1 Å². The molecule has 6 heteroatoms. The van der Waals surface area contributed by atoms with Crippen LogP contribution in [0.2, 0.25) is 0 Å². The van der Waals surface area contributed by atoms with Gasteiger partial charge < -0.3 is 20.1 Å². The number of fused-ring (bicyclic) bond motifs is 1. The first-order valence-corrected chi connectivity index (χ1v) is 13.3. The molecule has 5 rings (SSSR count). The van der Waals surface area contributed by atoms with E-state index in [4.69, 9.17) is 4.74 Å². The number of nitrogens with zero attached hydrogens (tertiary/aromatic N) is 1.